The molecule has 3 aromatic heterocycles. The van der Waals surface area contributed by atoms with E-state index >= 15 is 0 Å². The van der Waals surface area contributed by atoms with Crippen LogP contribution in [0.4, 0.5) is 11.5 Å². The molecule has 0 radical (unpaired) electrons. The number of nitrogens with zero attached hydrogens (tertiary/aromatic N) is 4. The van der Waals surface area contributed by atoms with E-state index in [-0.39, 0.29) is 28.6 Å². The van der Waals surface area contributed by atoms with Crippen molar-refractivity contribution in [1.29, 1.82) is 0 Å². The van der Waals surface area contributed by atoms with Gasteiger partial charge in [0.1, 0.15) is 11.5 Å². The summed E-state index contributed by atoms with van der Waals surface area (Å²) < 4.78 is 6.76. The van der Waals surface area contributed by atoms with Crippen LogP contribution in [0.2, 0.25) is 0 Å². The lowest BCUT2D eigenvalue weighted by atomic mass is 9.97. The quantitative estimate of drug-likeness (QED) is 0.353. The minimum atomic E-state index is -0.537. The molecule has 1 aromatic carbocycles. The highest BCUT2D eigenvalue weighted by Crippen LogP contribution is 2.25. The Kier molecular flexibility index (Phi) is 5.05. The van der Waals surface area contributed by atoms with Gasteiger partial charge in [0.05, 0.1) is 16.9 Å². The fraction of sp³-hybridized carbons (Fsp3) is 0.182. The van der Waals surface area contributed by atoms with Crippen molar-refractivity contribution in [3.8, 4) is 17.4 Å². The maximum atomic E-state index is 12.8. The van der Waals surface area contributed by atoms with Crippen molar-refractivity contribution >= 4 is 17.4 Å². The van der Waals surface area contributed by atoms with E-state index in [1.54, 1.807) is 18.2 Å². The number of nitrogens with one attached hydrogen (secondary N) is 2. The first-order valence-electron chi connectivity index (χ1n) is 10.3. The van der Waals surface area contributed by atoms with Crippen LogP contribution in [-0.4, -0.2) is 30.6 Å². The van der Waals surface area contributed by atoms with Gasteiger partial charge >= 0.3 is 0 Å². The van der Waals surface area contributed by atoms with Crippen LogP contribution in [0.3, 0.4) is 0 Å². The standard InChI is InChI=1S/C22H18N6O5/c29-20(13-7-9-14(10-8-13)28(31)32)24-19-12-17(18-6-3-11-33-18)26-27(19)22-23-16-5-2-1-4-15(16)21(30)25-22/h3,6-12H,1-2,4-5H2,(H,24,29)(H,23,25,30). The van der Waals surface area contributed by atoms with Crippen molar-refractivity contribution in [2.45, 2.75) is 25.7 Å². The molecule has 1 aliphatic rings. The minimum absolute atomic E-state index is 0.118. The summed E-state index contributed by atoms with van der Waals surface area (Å²) in [5.41, 5.74) is 1.71. The summed E-state index contributed by atoms with van der Waals surface area (Å²) >= 11 is 0. The number of furan rings is 1. The largest absolute Gasteiger partial charge is 0.463 e. The Balaban J connectivity index is 1.54. The molecule has 0 fully saturated rings. The maximum absolute atomic E-state index is 12.8. The van der Waals surface area contributed by atoms with E-state index < -0.39 is 10.8 Å². The average Bonchev–Trinajstić information content (AvgIpc) is 3.49. The van der Waals surface area contributed by atoms with Gasteiger partial charge in [-0.2, -0.15) is 9.78 Å². The Bertz CT molecular complexity index is 1400. The number of anilines is 1. The van der Waals surface area contributed by atoms with E-state index in [0.29, 0.717) is 29.9 Å². The summed E-state index contributed by atoms with van der Waals surface area (Å²) in [5, 5.41) is 18.1. The zero-order valence-electron chi connectivity index (χ0n) is 17.3. The van der Waals surface area contributed by atoms with Crippen molar-refractivity contribution in [1.82, 2.24) is 19.7 Å². The van der Waals surface area contributed by atoms with Crippen molar-refractivity contribution < 1.29 is 14.1 Å². The minimum Gasteiger partial charge on any atom is -0.463 e. The summed E-state index contributed by atoms with van der Waals surface area (Å²) in [6, 6.07) is 10.3. The highest BCUT2D eigenvalue weighted by molar-refractivity contribution is 6.04. The summed E-state index contributed by atoms with van der Waals surface area (Å²) in [5.74, 6) is 0.401. The van der Waals surface area contributed by atoms with Crippen molar-refractivity contribution in [2.75, 3.05) is 5.32 Å². The summed E-state index contributed by atoms with van der Waals surface area (Å²) in [6.45, 7) is 0. The Morgan fingerprint density at radius 1 is 1.18 bits per heavy atom. The van der Waals surface area contributed by atoms with Gasteiger partial charge in [0.15, 0.2) is 5.76 Å². The Morgan fingerprint density at radius 2 is 1.97 bits per heavy atom. The van der Waals surface area contributed by atoms with Crippen molar-refractivity contribution in [3.05, 3.63) is 86.0 Å². The molecule has 0 saturated carbocycles. The number of nitro benzene ring substituents is 1. The number of aromatic nitrogens is 4. The lowest BCUT2D eigenvalue weighted by Gasteiger charge is -2.15. The fourth-order valence-corrected chi connectivity index (χ4v) is 3.79. The van der Waals surface area contributed by atoms with Crippen LogP contribution in [0.1, 0.15) is 34.5 Å². The van der Waals surface area contributed by atoms with E-state index in [2.05, 4.69) is 20.4 Å². The Morgan fingerprint density at radius 3 is 2.70 bits per heavy atom. The first-order chi connectivity index (χ1) is 16.0. The Labute approximate surface area is 186 Å². The zero-order chi connectivity index (χ0) is 22.9. The maximum Gasteiger partial charge on any atom is 0.269 e. The lowest BCUT2D eigenvalue weighted by molar-refractivity contribution is -0.384. The molecular formula is C22H18N6O5. The van der Waals surface area contributed by atoms with Gasteiger partial charge in [-0.3, -0.25) is 24.7 Å². The van der Waals surface area contributed by atoms with E-state index in [0.717, 1.165) is 18.5 Å². The van der Waals surface area contributed by atoms with Gasteiger partial charge in [0.2, 0.25) is 5.95 Å². The monoisotopic (exact) mass is 446 g/mol. The number of nitro groups is 1. The number of carbonyl (C=O) groups is 1. The zero-order valence-corrected chi connectivity index (χ0v) is 17.3. The molecule has 11 nitrogen and oxygen atoms in total. The van der Waals surface area contributed by atoms with E-state index in [1.165, 1.54) is 35.2 Å². The molecule has 0 spiro atoms. The smallest absolute Gasteiger partial charge is 0.269 e. The van der Waals surface area contributed by atoms with E-state index in [1.807, 2.05) is 0 Å². The SMILES string of the molecule is O=C(Nc1cc(-c2ccco2)nn1-c1nc2c(c(=O)[nH]1)CCCC2)c1ccc([N+](=O)[O-])cc1. The van der Waals surface area contributed by atoms with Gasteiger partial charge in [-0.05, 0) is 49.9 Å². The molecule has 166 valence electrons. The van der Waals surface area contributed by atoms with Gasteiger partial charge in [-0.1, -0.05) is 0 Å². The third-order valence-electron chi connectivity index (χ3n) is 5.44. The molecule has 3 heterocycles. The predicted molar refractivity (Wildman–Crippen MR) is 117 cm³/mol. The number of rotatable bonds is 5. The number of hydrogen-bond donors (Lipinski definition) is 2. The summed E-state index contributed by atoms with van der Waals surface area (Å²) in [4.78, 5) is 43.2. The van der Waals surface area contributed by atoms with Crippen LogP contribution in [-0.2, 0) is 12.8 Å². The third kappa shape index (κ3) is 3.91. The molecule has 5 rings (SSSR count). The molecule has 1 aliphatic carbocycles. The third-order valence-corrected chi connectivity index (χ3v) is 5.44. The number of carbonyl (C=O) groups excluding carboxylic acids is 1. The molecule has 33 heavy (non-hydrogen) atoms. The highest BCUT2D eigenvalue weighted by Gasteiger charge is 2.21. The molecule has 4 aromatic rings. The number of fused-ring (bicyclic) bond motifs is 1. The van der Waals surface area contributed by atoms with Gasteiger partial charge in [-0.25, -0.2) is 4.98 Å². The van der Waals surface area contributed by atoms with Crippen LogP contribution < -0.4 is 10.9 Å². The van der Waals surface area contributed by atoms with Gasteiger partial charge in [-0.15, -0.1) is 0 Å². The second kappa shape index (κ2) is 8.19. The fourth-order valence-electron chi connectivity index (χ4n) is 3.79. The summed E-state index contributed by atoms with van der Waals surface area (Å²) in [7, 11) is 0. The molecule has 0 unspecified atom stereocenters. The van der Waals surface area contributed by atoms with Crippen molar-refractivity contribution in [2.24, 2.45) is 0 Å². The predicted octanol–water partition coefficient (Wildman–Crippen LogP) is 3.25. The number of non-ortho nitro benzene ring substituents is 1. The summed E-state index contributed by atoms with van der Waals surface area (Å²) in [6.07, 6.45) is 4.77. The number of benzene rings is 1. The molecule has 11 heteroatoms. The van der Waals surface area contributed by atoms with Crippen LogP contribution in [0.25, 0.3) is 17.4 Å². The Hall–Kier alpha value is -4.54. The van der Waals surface area contributed by atoms with Crippen LogP contribution >= 0.6 is 0 Å². The van der Waals surface area contributed by atoms with E-state index in [9.17, 15) is 19.7 Å². The number of aryl methyl sites for hydroxylation is 1. The number of aromatic amines is 1. The number of hydrogen-bond acceptors (Lipinski definition) is 7. The van der Waals surface area contributed by atoms with Gasteiger partial charge in [0.25, 0.3) is 17.2 Å². The highest BCUT2D eigenvalue weighted by atomic mass is 16.6. The molecule has 2 N–H and O–H groups in total. The first-order valence-corrected chi connectivity index (χ1v) is 10.3. The van der Waals surface area contributed by atoms with Gasteiger partial charge in [0, 0.05) is 29.3 Å². The number of amides is 1. The van der Waals surface area contributed by atoms with Crippen LogP contribution in [0.5, 0.6) is 0 Å². The van der Waals surface area contributed by atoms with Crippen molar-refractivity contribution in [3.63, 3.8) is 0 Å². The molecular weight excluding hydrogens is 428 g/mol. The normalized spacial score (nSPS) is 12.8. The molecule has 0 atom stereocenters. The molecule has 0 saturated heterocycles. The first kappa shape index (κ1) is 20.4. The second-order valence-corrected chi connectivity index (χ2v) is 7.58. The van der Waals surface area contributed by atoms with Crippen LogP contribution in [0.15, 0.2) is 57.9 Å². The average molecular weight is 446 g/mol. The second-order valence-electron chi connectivity index (χ2n) is 7.58. The molecule has 0 aliphatic heterocycles. The molecule has 0 bridgehead atoms. The van der Waals surface area contributed by atoms with Gasteiger partial charge < -0.3 is 9.73 Å². The van der Waals surface area contributed by atoms with Crippen LogP contribution in [0, 0.1) is 10.1 Å². The topological polar surface area (TPSA) is 149 Å². The number of H-pyrrole nitrogens is 1. The molecule has 1 amide bonds. The lowest BCUT2D eigenvalue weighted by Crippen LogP contribution is -2.24. The van der Waals surface area contributed by atoms with E-state index in [4.69, 9.17) is 4.42 Å².